The van der Waals surface area contributed by atoms with Crippen LogP contribution < -0.4 is 10.1 Å². The Labute approximate surface area is 260 Å². The molecule has 43 heavy (non-hydrogen) atoms. The fourth-order valence-electron chi connectivity index (χ4n) is 5.36. The first-order valence-corrected chi connectivity index (χ1v) is 15.4. The first kappa shape index (κ1) is 31.6. The molecule has 0 fully saturated rings. The SMILES string of the molecule is CCCCCC(C)(C)c1cc(Oc2ccc(C(=O)NCCCC)cc2)c2c(-c3ccccc3Cl)c(C#N)c(C#N)cc2c1. The molecule has 0 saturated carbocycles. The van der Waals surface area contributed by atoms with Crippen LogP contribution in [0.2, 0.25) is 5.02 Å². The van der Waals surface area contributed by atoms with Gasteiger partial charge in [-0.3, -0.25) is 4.79 Å². The second-order valence-electron chi connectivity index (χ2n) is 11.5. The van der Waals surface area contributed by atoms with E-state index in [2.05, 4.69) is 51.2 Å². The molecule has 1 amide bonds. The van der Waals surface area contributed by atoms with Crippen LogP contribution in [0.3, 0.4) is 0 Å². The first-order chi connectivity index (χ1) is 20.7. The minimum atomic E-state index is -0.160. The van der Waals surface area contributed by atoms with Crippen molar-refractivity contribution in [1.29, 1.82) is 10.5 Å². The monoisotopic (exact) mass is 591 g/mol. The minimum absolute atomic E-state index is 0.120. The lowest BCUT2D eigenvalue weighted by Crippen LogP contribution is -2.24. The highest BCUT2D eigenvalue weighted by Gasteiger charge is 2.26. The van der Waals surface area contributed by atoms with Crippen LogP contribution in [0, 0.1) is 22.7 Å². The van der Waals surface area contributed by atoms with E-state index in [9.17, 15) is 15.3 Å². The number of hydrogen-bond donors (Lipinski definition) is 1. The molecule has 0 aliphatic heterocycles. The van der Waals surface area contributed by atoms with E-state index >= 15 is 0 Å². The Bertz CT molecular complexity index is 1690. The molecule has 220 valence electrons. The molecule has 0 atom stereocenters. The minimum Gasteiger partial charge on any atom is -0.457 e. The van der Waals surface area contributed by atoms with Gasteiger partial charge >= 0.3 is 0 Å². The second-order valence-corrected chi connectivity index (χ2v) is 11.9. The number of unbranched alkanes of at least 4 members (excludes halogenated alkanes) is 3. The van der Waals surface area contributed by atoms with Gasteiger partial charge in [-0.05, 0) is 71.7 Å². The fourth-order valence-corrected chi connectivity index (χ4v) is 5.59. The number of nitriles is 2. The van der Waals surface area contributed by atoms with Crippen molar-refractivity contribution in [2.24, 2.45) is 0 Å². The van der Waals surface area contributed by atoms with Gasteiger partial charge in [0, 0.05) is 33.6 Å². The molecule has 5 nitrogen and oxygen atoms in total. The Morgan fingerprint density at radius 3 is 2.30 bits per heavy atom. The number of nitrogens with zero attached hydrogens (tertiary/aromatic N) is 2. The van der Waals surface area contributed by atoms with Crippen LogP contribution >= 0.6 is 11.6 Å². The van der Waals surface area contributed by atoms with Crippen molar-refractivity contribution in [3.05, 3.63) is 94.0 Å². The van der Waals surface area contributed by atoms with Crippen LogP contribution in [0.15, 0.2) is 66.7 Å². The van der Waals surface area contributed by atoms with E-state index < -0.39 is 0 Å². The quantitative estimate of drug-likeness (QED) is 0.166. The Balaban J connectivity index is 1.92. The summed E-state index contributed by atoms with van der Waals surface area (Å²) in [5.74, 6) is 0.998. The molecule has 0 unspecified atom stereocenters. The number of carbonyl (C=O) groups excluding carboxylic acids is 1. The van der Waals surface area contributed by atoms with Gasteiger partial charge in [-0.15, -0.1) is 0 Å². The summed E-state index contributed by atoms with van der Waals surface area (Å²) in [4.78, 5) is 12.6. The number of rotatable bonds is 12. The van der Waals surface area contributed by atoms with E-state index in [0.717, 1.165) is 49.5 Å². The van der Waals surface area contributed by atoms with Crippen molar-refractivity contribution in [1.82, 2.24) is 5.32 Å². The summed E-state index contributed by atoms with van der Waals surface area (Å²) in [6, 6.07) is 24.8. The van der Waals surface area contributed by atoms with Crippen molar-refractivity contribution in [3.63, 3.8) is 0 Å². The van der Waals surface area contributed by atoms with Crippen LogP contribution in [-0.4, -0.2) is 12.5 Å². The third-order valence-corrected chi connectivity index (χ3v) is 8.25. The van der Waals surface area contributed by atoms with Crippen molar-refractivity contribution in [2.45, 2.75) is 71.6 Å². The van der Waals surface area contributed by atoms with Gasteiger partial charge in [-0.25, -0.2) is 0 Å². The second kappa shape index (κ2) is 14.2. The third kappa shape index (κ3) is 7.19. The van der Waals surface area contributed by atoms with Gasteiger partial charge in [0.2, 0.25) is 0 Å². The van der Waals surface area contributed by atoms with E-state index in [1.54, 1.807) is 36.4 Å². The lowest BCUT2D eigenvalue weighted by atomic mass is 9.78. The molecular weight excluding hydrogens is 554 g/mol. The molecule has 6 heteroatoms. The molecule has 0 spiro atoms. The maximum absolute atomic E-state index is 12.6. The van der Waals surface area contributed by atoms with Crippen LogP contribution in [0.5, 0.6) is 11.5 Å². The molecular formula is C37H38ClN3O2. The van der Waals surface area contributed by atoms with Crippen LogP contribution in [0.1, 0.15) is 93.3 Å². The standard InChI is InChI=1S/C37H38ClN3O2/c1-5-7-11-18-37(3,4)28-21-26-20-27(23-39)31(24-40)35(30-12-9-10-13-32(30)38)34(26)33(22-28)43-29-16-14-25(15-17-29)36(42)41-19-8-6-2/h9-10,12-17,20-22H,5-8,11,18-19H2,1-4H3,(H,41,42). The number of hydrogen-bond acceptors (Lipinski definition) is 4. The van der Waals surface area contributed by atoms with Gasteiger partial charge < -0.3 is 10.1 Å². The molecule has 4 rings (SSSR count). The molecule has 1 N–H and O–H groups in total. The summed E-state index contributed by atoms with van der Waals surface area (Å²) in [5, 5.41) is 25.3. The van der Waals surface area contributed by atoms with Gasteiger partial charge in [0.15, 0.2) is 0 Å². The zero-order valence-corrected chi connectivity index (χ0v) is 26.1. The van der Waals surface area contributed by atoms with Crippen molar-refractivity contribution in [3.8, 4) is 34.8 Å². The van der Waals surface area contributed by atoms with E-state index in [-0.39, 0.29) is 22.4 Å². The number of nitrogens with one attached hydrogen (secondary N) is 1. The normalized spacial score (nSPS) is 11.1. The molecule has 0 bridgehead atoms. The van der Waals surface area contributed by atoms with Crippen LogP contribution in [0.4, 0.5) is 0 Å². The van der Waals surface area contributed by atoms with E-state index in [0.29, 0.717) is 45.1 Å². The number of fused-ring (bicyclic) bond motifs is 1. The number of carbonyl (C=O) groups is 1. The Morgan fingerprint density at radius 2 is 1.65 bits per heavy atom. The van der Waals surface area contributed by atoms with E-state index in [1.807, 2.05) is 24.3 Å². The highest BCUT2D eigenvalue weighted by molar-refractivity contribution is 6.34. The smallest absolute Gasteiger partial charge is 0.251 e. The van der Waals surface area contributed by atoms with E-state index in [4.69, 9.17) is 16.3 Å². The molecule has 0 heterocycles. The molecule has 0 aromatic heterocycles. The van der Waals surface area contributed by atoms with Crippen LogP contribution in [-0.2, 0) is 5.41 Å². The van der Waals surface area contributed by atoms with Gasteiger partial charge in [-0.2, -0.15) is 10.5 Å². The maximum Gasteiger partial charge on any atom is 0.251 e. The lowest BCUT2D eigenvalue weighted by molar-refractivity contribution is 0.0953. The zero-order chi connectivity index (χ0) is 31.0. The number of halogens is 1. The summed E-state index contributed by atoms with van der Waals surface area (Å²) in [6.45, 7) is 9.37. The van der Waals surface area contributed by atoms with Gasteiger partial charge in [0.25, 0.3) is 5.91 Å². The molecule has 4 aromatic carbocycles. The summed E-state index contributed by atoms with van der Waals surface area (Å²) >= 11 is 6.69. The summed E-state index contributed by atoms with van der Waals surface area (Å²) < 4.78 is 6.59. The van der Waals surface area contributed by atoms with Crippen molar-refractivity contribution >= 4 is 28.3 Å². The largest absolute Gasteiger partial charge is 0.457 e. The highest BCUT2D eigenvalue weighted by atomic mass is 35.5. The number of benzene rings is 4. The Hall–Kier alpha value is -4.32. The maximum atomic E-state index is 12.6. The number of amides is 1. The molecule has 0 aliphatic carbocycles. The predicted molar refractivity (Wildman–Crippen MR) is 175 cm³/mol. The first-order valence-electron chi connectivity index (χ1n) is 15.0. The van der Waals surface area contributed by atoms with Gasteiger partial charge in [0.1, 0.15) is 23.6 Å². The Morgan fingerprint density at radius 1 is 0.930 bits per heavy atom. The fraction of sp³-hybridized carbons (Fsp3) is 0.324. The predicted octanol–water partition coefficient (Wildman–Crippen LogP) is 10.1. The van der Waals surface area contributed by atoms with Gasteiger partial charge in [0.05, 0.1) is 11.1 Å². The average molecular weight is 592 g/mol. The topological polar surface area (TPSA) is 85.9 Å². The molecule has 0 saturated heterocycles. The molecule has 4 aromatic rings. The average Bonchev–Trinajstić information content (AvgIpc) is 3.00. The Kier molecular flexibility index (Phi) is 10.5. The molecule has 0 aliphatic rings. The van der Waals surface area contributed by atoms with Crippen molar-refractivity contribution < 1.29 is 9.53 Å². The highest BCUT2D eigenvalue weighted by Crippen LogP contribution is 2.45. The van der Waals surface area contributed by atoms with Crippen molar-refractivity contribution in [2.75, 3.05) is 6.54 Å². The summed E-state index contributed by atoms with van der Waals surface area (Å²) in [5.41, 5.74) is 3.24. The van der Waals surface area contributed by atoms with Gasteiger partial charge in [-0.1, -0.05) is 89.2 Å². The summed E-state index contributed by atoms with van der Waals surface area (Å²) in [7, 11) is 0. The third-order valence-electron chi connectivity index (χ3n) is 7.92. The van der Waals surface area contributed by atoms with E-state index in [1.165, 1.54) is 0 Å². The lowest BCUT2D eigenvalue weighted by Gasteiger charge is -2.27. The molecule has 0 radical (unpaired) electrons. The van der Waals surface area contributed by atoms with Crippen LogP contribution in [0.25, 0.3) is 21.9 Å². The summed E-state index contributed by atoms with van der Waals surface area (Å²) in [6.07, 6.45) is 6.32. The number of ether oxygens (including phenoxy) is 1. The zero-order valence-electron chi connectivity index (χ0n) is 25.4.